The minimum atomic E-state index is -0.507. The molecule has 0 aromatic heterocycles. The summed E-state index contributed by atoms with van der Waals surface area (Å²) in [6, 6.07) is 3.24. The molecule has 6 heteroatoms. The van der Waals surface area contributed by atoms with E-state index in [-0.39, 0.29) is 29.4 Å². The second-order valence-corrected chi connectivity index (χ2v) is 5.97. The summed E-state index contributed by atoms with van der Waals surface area (Å²) in [7, 11) is 0. The SMILES string of the molecule is C[C@H]1C(=O)N2CCC[C@@H]2C(=O)N1Cc1ccc(F)cc1Cl. The number of carbonyl (C=O) groups excluding carboxylic acids is 2. The summed E-state index contributed by atoms with van der Waals surface area (Å²) < 4.78 is 13.1. The summed E-state index contributed by atoms with van der Waals surface area (Å²) in [5, 5.41) is 0.274. The largest absolute Gasteiger partial charge is 0.329 e. The molecule has 0 spiro atoms. The lowest BCUT2D eigenvalue weighted by molar-refractivity contribution is -0.159. The van der Waals surface area contributed by atoms with Crippen LogP contribution in [0.5, 0.6) is 0 Å². The first-order valence-corrected chi connectivity index (χ1v) is 7.41. The number of carbonyl (C=O) groups is 2. The number of amides is 2. The zero-order valence-corrected chi connectivity index (χ0v) is 12.4. The van der Waals surface area contributed by atoms with E-state index in [1.807, 2.05) is 0 Å². The van der Waals surface area contributed by atoms with Gasteiger partial charge in [-0.25, -0.2) is 4.39 Å². The minimum Gasteiger partial charge on any atom is -0.329 e. The summed E-state index contributed by atoms with van der Waals surface area (Å²) in [6.07, 6.45) is 1.57. The van der Waals surface area contributed by atoms with Gasteiger partial charge in [-0.05, 0) is 37.5 Å². The van der Waals surface area contributed by atoms with Crippen molar-refractivity contribution in [1.82, 2.24) is 9.80 Å². The molecule has 1 aromatic rings. The van der Waals surface area contributed by atoms with Crippen LogP contribution >= 0.6 is 11.6 Å². The predicted molar refractivity (Wildman–Crippen MR) is 76.2 cm³/mol. The predicted octanol–water partition coefficient (Wildman–Crippen LogP) is 2.20. The molecule has 2 aliphatic rings. The molecule has 2 atom stereocenters. The van der Waals surface area contributed by atoms with Gasteiger partial charge < -0.3 is 9.80 Å². The van der Waals surface area contributed by atoms with Gasteiger partial charge in [0.25, 0.3) is 0 Å². The number of nitrogens with zero attached hydrogens (tertiary/aromatic N) is 2. The average Bonchev–Trinajstić information content (AvgIpc) is 2.93. The van der Waals surface area contributed by atoms with Crippen molar-refractivity contribution in [2.75, 3.05) is 6.54 Å². The Hall–Kier alpha value is -1.62. The van der Waals surface area contributed by atoms with E-state index in [2.05, 4.69) is 0 Å². The van der Waals surface area contributed by atoms with Crippen molar-refractivity contribution in [3.8, 4) is 0 Å². The Kier molecular flexibility index (Phi) is 3.61. The van der Waals surface area contributed by atoms with Crippen molar-refractivity contribution in [3.63, 3.8) is 0 Å². The van der Waals surface area contributed by atoms with Crippen molar-refractivity contribution in [3.05, 3.63) is 34.6 Å². The van der Waals surface area contributed by atoms with Crippen molar-refractivity contribution >= 4 is 23.4 Å². The Bertz CT molecular complexity index is 607. The lowest BCUT2D eigenvalue weighted by Gasteiger charge is -2.41. The van der Waals surface area contributed by atoms with Gasteiger partial charge in [-0.1, -0.05) is 17.7 Å². The molecule has 4 nitrogen and oxygen atoms in total. The molecule has 0 unspecified atom stereocenters. The summed E-state index contributed by atoms with van der Waals surface area (Å²) in [5.41, 5.74) is 0.650. The van der Waals surface area contributed by atoms with Gasteiger partial charge in [0.05, 0.1) is 0 Å². The Morgan fingerprint density at radius 2 is 2.10 bits per heavy atom. The number of fused-ring (bicyclic) bond motifs is 1. The first-order valence-electron chi connectivity index (χ1n) is 7.04. The van der Waals surface area contributed by atoms with Crippen LogP contribution in [0.25, 0.3) is 0 Å². The van der Waals surface area contributed by atoms with Gasteiger partial charge in [-0.15, -0.1) is 0 Å². The van der Waals surface area contributed by atoms with Crippen LogP contribution in [-0.4, -0.2) is 40.2 Å². The Morgan fingerprint density at radius 3 is 2.81 bits per heavy atom. The third kappa shape index (κ3) is 2.39. The molecule has 2 aliphatic heterocycles. The second-order valence-electron chi connectivity index (χ2n) is 5.57. The number of halogens is 2. The number of rotatable bonds is 2. The summed E-state index contributed by atoms with van der Waals surface area (Å²) in [5.74, 6) is -0.477. The first kappa shape index (κ1) is 14.3. The van der Waals surface area contributed by atoms with Gasteiger partial charge >= 0.3 is 0 Å². The van der Waals surface area contributed by atoms with Crippen LogP contribution in [0.4, 0.5) is 4.39 Å². The minimum absolute atomic E-state index is 0.0182. The van der Waals surface area contributed by atoms with E-state index in [0.29, 0.717) is 18.5 Å². The van der Waals surface area contributed by atoms with Gasteiger partial charge in [-0.2, -0.15) is 0 Å². The zero-order valence-electron chi connectivity index (χ0n) is 11.7. The lowest BCUT2D eigenvalue weighted by Crippen LogP contribution is -2.61. The van der Waals surface area contributed by atoms with Crippen LogP contribution in [-0.2, 0) is 16.1 Å². The zero-order chi connectivity index (χ0) is 15.1. The molecule has 0 N–H and O–H groups in total. The fraction of sp³-hybridized carbons (Fsp3) is 0.467. The van der Waals surface area contributed by atoms with E-state index < -0.39 is 11.9 Å². The van der Waals surface area contributed by atoms with Crippen LogP contribution < -0.4 is 0 Å². The topological polar surface area (TPSA) is 40.6 Å². The van der Waals surface area contributed by atoms with E-state index >= 15 is 0 Å². The maximum Gasteiger partial charge on any atom is 0.246 e. The third-order valence-electron chi connectivity index (χ3n) is 4.28. The van der Waals surface area contributed by atoms with Crippen LogP contribution in [0.2, 0.25) is 5.02 Å². The number of hydrogen-bond acceptors (Lipinski definition) is 2. The van der Waals surface area contributed by atoms with E-state index in [1.165, 1.54) is 12.1 Å². The molecule has 2 heterocycles. The molecule has 1 aromatic carbocycles. The Labute approximate surface area is 127 Å². The standard InChI is InChI=1S/C15H16ClFN2O2/c1-9-14(20)18-6-2-3-13(18)15(21)19(9)8-10-4-5-11(17)7-12(10)16/h4-5,7,9,13H,2-3,6,8H2,1H3/t9-,13+/m0/s1. The number of piperazine rings is 1. The molecule has 3 rings (SSSR count). The quantitative estimate of drug-likeness (QED) is 0.840. The Balaban J connectivity index is 1.86. The van der Waals surface area contributed by atoms with Gasteiger partial charge in [0.1, 0.15) is 17.9 Å². The van der Waals surface area contributed by atoms with Gasteiger partial charge in [0, 0.05) is 18.1 Å². The van der Waals surface area contributed by atoms with E-state index in [4.69, 9.17) is 11.6 Å². The smallest absolute Gasteiger partial charge is 0.246 e. The Morgan fingerprint density at radius 1 is 1.33 bits per heavy atom. The first-order chi connectivity index (χ1) is 9.99. The van der Waals surface area contributed by atoms with Crippen LogP contribution in [0.15, 0.2) is 18.2 Å². The third-order valence-corrected chi connectivity index (χ3v) is 4.64. The maximum atomic E-state index is 13.1. The molecule has 112 valence electrons. The normalized spacial score (nSPS) is 25.5. The highest BCUT2D eigenvalue weighted by atomic mass is 35.5. The fourth-order valence-corrected chi connectivity index (χ4v) is 3.32. The van der Waals surface area contributed by atoms with Crippen molar-refractivity contribution in [1.29, 1.82) is 0 Å². The molecular weight excluding hydrogens is 295 g/mol. The van der Waals surface area contributed by atoms with Crippen LogP contribution in [0.3, 0.4) is 0 Å². The van der Waals surface area contributed by atoms with Gasteiger partial charge in [0.2, 0.25) is 11.8 Å². The second kappa shape index (κ2) is 5.30. The number of hydrogen-bond donors (Lipinski definition) is 0. The van der Waals surface area contributed by atoms with Crippen molar-refractivity contribution in [2.24, 2.45) is 0 Å². The van der Waals surface area contributed by atoms with E-state index in [0.717, 1.165) is 6.42 Å². The van der Waals surface area contributed by atoms with Crippen LogP contribution in [0.1, 0.15) is 25.3 Å². The molecule has 0 bridgehead atoms. The molecule has 0 radical (unpaired) electrons. The van der Waals surface area contributed by atoms with Crippen molar-refractivity contribution < 1.29 is 14.0 Å². The van der Waals surface area contributed by atoms with Gasteiger partial charge in [0.15, 0.2) is 0 Å². The average molecular weight is 311 g/mol. The highest BCUT2D eigenvalue weighted by Gasteiger charge is 2.45. The monoisotopic (exact) mass is 310 g/mol. The maximum absolute atomic E-state index is 13.1. The lowest BCUT2D eigenvalue weighted by atomic mass is 10.0. The molecule has 21 heavy (non-hydrogen) atoms. The molecular formula is C15H16ClFN2O2. The van der Waals surface area contributed by atoms with E-state index in [9.17, 15) is 14.0 Å². The molecule has 2 fully saturated rings. The summed E-state index contributed by atoms with van der Waals surface area (Å²) in [6.45, 7) is 2.62. The highest BCUT2D eigenvalue weighted by molar-refractivity contribution is 6.31. The molecule has 2 amide bonds. The van der Waals surface area contributed by atoms with Crippen LogP contribution in [0, 0.1) is 5.82 Å². The molecule has 0 saturated carbocycles. The summed E-state index contributed by atoms with van der Waals surface area (Å²) in [4.78, 5) is 28.1. The van der Waals surface area contributed by atoms with Crippen molar-refractivity contribution in [2.45, 2.75) is 38.4 Å². The molecule has 2 saturated heterocycles. The molecule has 0 aliphatic carbocycles. The van der Waals surface area contributed by atoms with Gasteiger partial charge in [-0.3, -0.25) is 9.59 Å². The van der Waals surface area contributed by atoms with E-state index in [1.54, 1.807) is 22.8 Å². The fourth-order valence-electron chi connectivity index (χ4n) is 3.09. The number of benzene rings is 1. The highest BCUT2D eigenvalue weighted by Crippen LogP contribution is 2.29. The summed E-state index contributed by atoms with van der Waals surface area (Å²) >= 11 is 6.02.